The van der Waals surface area contributed by atoms with Crippen LogP contribution in [0.1, 0.15) is 44.2 Å². The molecule has 2 unspecified atom stereocenters. The summed E-state index contributed by atoms with van der Waals surface area (Å²) in [6, 6.07) is 18.0. The summed E-state index contributed by atoms with van der Waals surface area (Å²) in [5.74, 6) is 0.130. The maximum atomic E-state index is 11.9. The van der Waals surface area contributed by atoms with E-state index in [0.717, 1.165) is 23.3 Å². The number of hydrogen-bond donors (Lipinski definition) is 0. The third-order valence-corrected chi connectivity index (χ3v) is 4.79. The van der Waals surface area contributed by atoms with Crippen molar-refractivity contribution in [2.75, 3.05) is 0 Å². The normalized spacial score (nSPS) is 21.6. The first kappa shape index (κ1) is 19.9. The summed E-state index contributed by atoms with van der Waals surface area (Å²) in [4.78, 5) is 23.2. The molecule has 2 aromatic carbocycles. The first-order valence-electron chi connectivity index (χ1n) is 9.57. The van der Waals surface area contributed by atoms with E-state index in [4.69, 9.17) is 14.2 Å². The van der Waals surface area contributed by atoms with Crippen LogP contribution in [-0.2, 0) is 32.1 Å². The summed E-state index contributed by atoms with van der Waals surface area (Å²) in [6.45, 7) is 3.69. The van der Waals surface area contributed by atoms with E-state index in [9.17, 15) is 9.59 Å². The van der Waals surface area contributed by atoms with Crippen LogP contribution in [0.3, 0.4) is 0 Å². The molecule has 148 valence electrons. The van der Waals surface area contributed by atoms with Crippen LogP contribution in [0.25, 0.3) is 0 Å². The van der Waals surface area contributed by atoms with Crippen molar-refractivity contribution >= 4 is 11.9 Å². The van der Waals surface area contributed by atoms with Crippen molar-refractivity contribution < 1.29 is 23.8 Å². The van der Waals surface area contributed by atoms with Gasteiger partial charge in [0.2, 0.25) is 0 Å². The lowest BCUT2D eigenvalue weighted by atomic mass is 9.89. The van der Waals surface area contributed by atoms with Gasteiger partial charge in [-0.1, -0.05) is 42.5 Å². The van der Waals surface area contributed by atoms with Crippen molar-refractivity contribution in [3.8, 4) is 5.75 Å². The summed E-state index contributed by atoms with van der Waals surface area (Å²) in [5.41, 5.74) is 1.49. The molecule has 0 aromatic heterocycles. The Labute approximate surface area is 165 Å². The van der Waals surface area contributed by atoms with E-state index in [-0.39, 0.29) is 24.5 Å². The highest BCUT2D eigenvalue weighted by Gasteiger charge is 2.40. The van der Waals surface area contributed by atoms with Gasteiger partial charge in [0.1, 0.15) is 24.1 Å². The van der Waals surface area contributed by atoms with Gasteiger partial charge in [-0.2, -0.15) is 0 Å². The summed E-state index contributed by atoms with van der Waals surface area (Å²) in [7, 11) is 0. The van der Waals surface area contributed by atoms with Crippen LogP contribution >= 0.6 is 0 Å². The molecule has 0 spiro atoms. The monoisotopic (exact) mass is 382 g/mol. The number of rotatable bonds is 7. The van der Waals surface area contributed by atoms with E-state index in [2.05, 4.69) is 0 Å². The number of carbonyl (C=O) groups is 2. The molecular formula is C23H26O5. The zero-order valence-electron chi connectivity index (χ0n) is 16.4. The molecule has 0 bridgehead atoms. The van der Waals surface area contributed by atoms with Gasteiger partial charge < -0.3 is 14.2 Å². The summed E-state index contributed by atoms with van der Waals surface area (Å²) in [5, 5.41) is 0. The molecule has 0 radical (unpaired) electrons. The molecular weight excluding hydrogens is 356 g/mol. The van der Waals surface area contributed by atoms with Crippen molar-refractivity contribution in [3.63, 3.8) is 0 Å². The Kier molecular flexibility index (Phi) is 6.34. The highest BCUT2D eigenvalue weighted by Crippen LogP contribution is 2.31. The van der Waals surface area contributed by atoms with Crippen LogP contribution in [0, 0.1) is 0 Å². The summed E-state index contributed by atoms with van der Waals surface area (Å²) < 4.78 is 16.6. The van der Waals surface area contributed by atoms with Gasteiger partial charge in [-0.3, -0.25) is 9.59 Å². The quantitative estimate of drug-likeness (QED) is 0.671. The minimum Gasteiger partial charge on any atom is -0.489 e. The van der Waals surface area contributed by atoms with Crippen LogP contribution in [-0.4, -0.2) is 23.6 Å². The topological polar surface area (TPSA) is 61.8 Å². The van der Waals surface area contributed by atoms with Gasteiger partial charge in [0.25, 0.3) is 0 Å². The van der Waals surface area contributed by atoms with E-state index >= 15 is 0 Å². The van der Waals surface area contributed by atoms with Gasteiger partial charge in [0.05, 0.1) is 6.42 Å². The number of aryl methyl sites for hydroxylation is 1. The molecule has 3 rings (SSSR count). The largest absolute Gasteiger partial charge is 0.489 e. The van der Waals surface area contributed by atoms with Crippen molar-refractivity contribution in [1.29, 1.82) is 0 Å². The molecule has 5 heteroatoms. The van der Waals surface area contributed by atoms with Crippen molar-refractivity contribution in [3.05, 3.63) is 65.7 Å². The molecule has 1 heterocycles. The second kappa shape index (κ2) is 8.91. The molecule has 28 heavy (non-hydrogen) atoms. The second-order valence-electron chi connectivity index (χ2n) is 7.49. The Hall–Kier alpha value is -2.82. The zero-order chi connectivity index (χ0) is 20.0. The van der Waals surface area contributed by atoms with E-state index in [1.165, 1.54) is 6.92 Å². The minimum atomic E-state index is -0.777. The maximum absolute atomic E-state index is 11.9. The molecule has 0 N–H and O–H groups in total. The molecule has 1 aliphatic rings. The Balaban J connectivity index is 1.50. The Morgan fingerprint density at radius 2 is 1.82 bits per heavy atom. The van der Waals surface area contributed by atoms with Gasteiger partial charge in [-0.15, -0.1) is 0 Å². The van der Waals surface area contributed by atoms with Crippen LogP contribution < -0.4 is 4.74 Å². The fourth-order valence-corrected chi connectivity index (χ4v) is 3.53. The summed E-state index contributed by atoms with van der Waals surface area (Å²) >= 11 is 0. The Bertz CT molecular complexity index is 796. The molecule has 0 aliphatic carbocycles. The predicted octanol–water partition coefficient (Wildman–Crippen LogP) is 4.23. The number of carbonyl (C=O) groups excluding carboxylic acids is 2. The number of cyclic esters (lactones) is 1. The van der Waals surface area contributed by atoms with Gasteiger partial charge in [0, 0.05) is 13.3 Å². The van der Waals surface area contributed by atoms with Gasteiger partial charge in [-0.05, 0) is 43.0 Å². The lowest BCUT2D eigenvalue weighted by molar-refractivity contribution is -0.181. The molecule has 2 atom stereocenters. The van der Waals surface area contributed by atoms with Crippen LogP contribution in [0.4, 0.5) is 0 Å². The van der Waals surface area contributed by atoms with Crippen molar-refractivity contribution in [1.82, 2.24) is 0 Å². The van der Waals surface area contributed by atoms with Gasteiger partial charge in [0.15, 0.2) is 0 Å². The van der Waals surface area contributed by atoms with Gasteiger partial charge >= 0.3 is 11.9 Å². The smallest absolute Gasteiger partial charge is 0.310 e. The summed E-state index contributed by atoms with van der Waals surface area (Å²) in [6.07, 6.45) is 1.84. The number of esters is 2. The average molecular weight is 382 g/mol. The first-order valence-corrected chi connectivity index (χ1v) is 9.57. The third kappa shape index (κ3) is 5.84. The SMILES string of the molecule is CC(=O)OC1(C)CC(=O)OC(CCc2ccc(OCc3ccccc3)cc2)C1. The first-order chi connectivity index (χ1) is 13.4. The van der Waals surface area contributed by atoms with Crippen LogP contribution in [0.5, 0.6) is 5.75 Å². The van der Waals surface area contributed by atoms with Crippen molar-refractivity contribution in [2.24, 2.45) is 0 Å². The molecule has 5 nitrogen and oxygen atoms in total. The second-order valence-corrected chi connectivity index (χ2v) is 7.49. The lowest BCUT2D eigenvalue weighted by Gasteiger charge is -2.36. The van der Waals surface area contributed by atoms with E-state index in [1.807, 2.05) is 54.6 Å². The van der Waals surface area contributed by atoms with Crippen LogP contribution in [0.2, 0.25) is 0 Å². The van der Waals surface area contributed by atoms with Crippen molar-refractivity contribution in [2.45, 2.75) is 57.8 Å². The third-order valence-electron chi connectivity index (χ3n) is 4.79. The standard InChI is InChI=1S/C23H26O5/c1-17(24)28-23(2)14-21(27-22(25)15-23)13-10-18-8-11-20(12-9-18)26-16-19-6-4-3-5-7-19/h3-9,11-12,21H,10,13-16H2,1-2H3. The van der Waals surface area contributed by atoms with E-state index in [1.54, 1.807) is 6.92 Å². The molecule has 1 saturated heterocycles. The fraction of sp³-hybridized carbons (Fsp3) is 0.391. The number of ether oxygens (including phenoxy) is 3. The predicted molar refractivity (Wildman–Crippen MR) is 105 cm³/mol. The average Bonchev–Trinajstić information content (AvgIpc) is 2.64. The van der Waals surface area contributed by atoms with E-state index in [0.29, 0.717) is 19.4 Å². The molecule has 0 saturated carbocycles. The highest BCUT2D eigenvalue weighted by atomic mass is 16.6. The highest BCUT2D eigenvalue weighted by molar-refractivity contribution is 5.73. The molecule has 1 aliphatic heterocycles. The lowest BCUT2D eigenvalue weighted by Crippen LogP contribution is -2.44. The number of hydrogen-bond acceptors (Lipinski definition) is 5. The zero-order valence-corrected chi connectivity index (χ0v) is 16.4. The molecule has 2 aromatic rings. The van der Waals surface area contributed by atoms with E-state index < -0.39 is 5.60 Å². The fourth-order valence-electron chi connectivity index (χ4n) is 3.53. The van der Waals surface area contributed by atoms with Gasteiger partial charge in [-0.25, -0.2) is 0 Å². The Morgan fingerprint density at radius 1 is 1.11 bits per heavy atom. The Morgan fingerprint density at radius 3 is 2.50 bits per heavy atom. The van der Waals surface area contributed by atoms with Crippen LogP contribution in [0.15, 0.2) is 54.6 Å². The molecule has 0 amide bonds. The maximum Gasteiger partial charge on any atom is 0.310 e. The molecule has 1 fully saturated rings. The number of benzene rings is 2. The minimum absolute atomic E-state index is 0.108.